The first-order valence-corrected chi connectivity index (χ1v) is 17.1. The smallest absolute Gasteiger partial charge is 0.376 e. The molecule has 1 aromatic carbocycles. The van der Waals surface area contributed by atoms with Gasteiger partial charge in [0.15, 0.2) is 10.8 Å². The molecule has 2 aliphatic heterocycles. The van der Waals surface area contributed by atoms with Crippen molar-refractivity contribution < 1.29 is 43.8 Å². The monoisotopic (exact) mass is 744 g/mol. The number of thiazole rings is 1. The summed E-state index contributed by atoms with van der Waals surface area (Å²) in [6, 6.07) is 7.76. The van der Waals surface area contributed by atoms with Crippen molar-refractivity contribution in [3.05, 3.63) is 70.0 Å². The fourth-order valence-corrected chi connectivity index (χ4v) is 6.95. The number of esters is 1. The molecule has 17 nitrogen and oxygen atoms in total. The molecular weight excluding hydrogens is 713 g/mol. The van der Waals surface area contributed by atoms with Gasteiger partial charge in [0.05, 0.1) is 18.2 Å². The number of fused-ring (bicyclic) bond motifs is 1. The van der Waals surface area contributed by atoms with Crippen molar-refractivity contribution in [1.29, 1.82) is 0 Å². The van der Waals surface area contributed by atoms with Crippen LogP contribution in [0.3, 0.4) is 0 Å². The molecule has 0 saturated carbocycles. The van der Waals surface area contributed by atoms with Gasteiger partial charge in [0, 0.05) is 21.6 Å². The van der Waals surface area contributed by atoms with Crippen LogP contribution in [0.25, 0.3) is 5.69 Å². The Morgan fingerprint density at radius 2 is 1.80 bits per heavy atom. The van der Waals surface area contributed by atoms with E-state index in [1.165, 1.54) is 24.3 Å². The van der Waals surface area contributed by atoms with Gasteiger partial charge in [-0.25, -0.2) is 19.3 Å². The predicted molar refractivity (Wildman–Crippen MR) is 185 cm³/mol. The van der Waals surface area contributed by atoms with E-state index < -0.39 is 46.6 Å². The fourth-order valence-electron chi connectivity index (χ4n) is 4.20. The summed E-state index contributed by atoms with van der Waals surface area (Å²) in [5, 5.41) is 30.2. The number of nitrogens with two attached hydrogens (primary N) is 1. The average molecular weight is 745 g/mol. The summed E-state index contributed by atoms with van der Waals surface area (Å²) >= 11 is 3.28. The van der Waals surface area contributed by atoms with Crippen LogP contribution in [-0.2, 0) is 28.8 Å². The van der Waals surface area contributed by atoms with Crippen LogP contribution >= 0.6 is 34.9 Å². The highest BCUT2D eigenvalue weighted by Gasteiger charge is 2.55. The molecule has 3 aromatic rings. The van der Waals surface area contributed by atoms with Gasteiger partial charge in [0.25, 0.3) is 11.8 Å². The summed E-state index contributed by atoms with van der Waals surface area (Å²) < 4.78 is 6.16. The first-order chi connectivity index (χ1) is 23.6. The lowest BCUT2D eigenvalue weighted by Crippen LogP contribution is -2.70. The number of methoxy groups -OCH3 is 1. The quantitative estimate of drug-likeness (QED) is 0.0767. The van der Waals surface area contributed by atoms with Gasteiger partial charge in [-0.1, -0.05) is 53.5 Å². The maximum atomic E-state index is 13.2. The number of rotatable bonds is 10. The molecule has 2 amide bonds. The molecule has 5 N–H and O–H groups in total. The molecule has 50 heavy (non-hydrogen) atoms. The number of hydrogen-bond acceptors (Lipinski definition) is 15. The number of oxime groups is 1. The summed E-state index contributed by atoms with van der Waals surface area (Å²) in [5.41, 5.74) is 5.62. The molecule has 0 unspecified atom stereocenters. The van der Waals surface area contributed by atoms with E-state index in [2.05, 4.69) is 32.1 Å². The Kier molecular flexibility index (Phi) is 11.7. The molecule has 0 radical (unpaired) electrons. The SMILES string of the molecule is C=C1S[C@@H]2[C@H](NC(=O)C(=NOC)c3csc(N)n3)C(=O)N2C(C(=O)O)=C1CSc1nc(C(=O)OC)n(-c2ccccc2)n1.CC(C)(C)C(=O)O. The van der Waals surface area contributed by atoms with Gasteiger partial charge < -0.3 is 30.8 Å². The standard InChI is InChI=1S/C25H22N8O7S3.C5H10O2/c1-11-13(9-42-25-29-18(23(38)39-2)33(30-25)12-7-5-4-6-8-12)17(22(36)37)32-20(35)16(21(32)43-11)28-19(34)15(31-40-3)14-10-41-24(26)27-14;1-5(2,3)4(6)7/h4-8,10,16,21H,1,9H2,2-3H3,(H2,26,27)(H,28,34)(H,36,37);1-3H3,(H,6,7)/t16-,21-;/m1./s1. The number of ether oxygens (including phenoxy) is 1. The van der Waals surface area contributed by atoms with Gasteiger partial charge in [-0.05, 0) is 32.9 Å². The van der Waals surface area contributed by atoms with Gasteiger partial charge in [-0.2, -0.15) is 4.98 Å². The van der Waals surface area contributed by atoms with E-state index in [0.29, 0.717) is 10.6 Å². The highest BCUT2D eigenvalue weighted by molar-refractivity contribution is 8.04. The lowest BCUT2D eigenvalue weighted by molar-refractivity contribution is -0.150. The number of para-hydroxylation sites is 1. The zero-order valence-corrected chi connectivity index (χ0v) is 29.7. The Morgan fingerprint density at radius 3 is 2.34 bits per heavy atom. The minimum Gasteiger partial charge on any atom is -0.481 e. The van der Waals surface area contributed by atoms with E-state index in [0.717, 1.165) is 39.8 Å². The Labute approximate surface area is 297 Å². The lowest BCUT2D eigenvalue weighted by Gasteiger charge is -2.49. The van der Waals surface area contributed by atoms with E-state index in [-0.39, 0.29) is 44.5 Å². The third kappa shape index (κ3) is 8.14. The van der Waals surface area contributed by atoms with Crippen LogP contribution in [0.2, 0.25) is 0 Å². The number of thioether (sulfide) groups is 2. The summed E-state index contributed by atoms with van der Waals surface area (Å²) in [5.74, 6) is -4.23. The molecule has 1 saturated heterocycles. The third-order valence-corrected chi connectivity index (χ3v) is 9.56. The van der Waals surface area contributed by atoms with E-state index in [4.69, 9.17) is 20.4 Å². The topological polar surface area (TPSA) is 242 Å². The molecule has 20 heteroatoms. The Bertz CT molecular complexity index is 1900. The molecule has 0 bridgehead atoms. The molecule has 4 heterocycles. The molecule has 2 atom stereocenters. The second kappa shape index (κ2) is 15.6. The Balaban J connectivity index is 0.000000727. The molecule has 0 aliphatic carbocycles. The van der Waals surface area contributed by atoms with E-state index in [1.54, 1.807) is 45.0 Å². The molecule has 0 spiro atoms. The minimum absolute atomic E-state index is 0.0241. The number of benzene rings is 1. The number of carbonyl (C=O) groups is 5. The average Bonchev–Trinajstić information content (AvgIpc) is 3.71. The normalized spacial score (nSPS) is 17.2. The molecule has 2 aliphatic rings. The number of aromatic nitrogens is 4. The third-order valence-electron chi connectivity index (χ3n) is 6.76. The van der Waals surface area contributed by atoms with E-state index >= 15 is 0 Å². The van der Waals surface area contributed by atoms with Gasteiger partial charge in [-0.3, -0.25) is 19.3 Å². The van der Waals surface area contributed by atoms with Crippen LogP contribution < -0.4 is 11.1 Å². The number of carboxylic acid groups (broad SMARTS) is 2. The molecule has 1 fully saturated rings. The second-order valence-corrected chi connectivity index (χ2v) is 14.3. The number of nitrogens with zero attached hydrogens (tertiary/aromatic N) is 6. The van der Waals surface area contributed by atoms with Crippen molar-refractivity contribution in [3.63, 3.8) is 0 Å². The summed E-state index contributed by atoms with van der Waals surface area (Å²) in [4.78, 5) is 75.5. The fraction of sp³-hybridized carbons (Fsp3) is 0.300. The first kappa shape index (κ1) is 37.6. The lowest BCUT2D eigenvalue weighted by atomic mass is 9.98. The maximum absolute atomic E-state index is 13.2. The number of hydrogen-bond donors (Lipinski definition) is 4. The molecule has 2 aromatic heterocycles. The van der Waals surface area contributed by atoms with Crippen LogP contribution in [-0.4, -0.2) is 102 Å². The summed E-state index contributed by atoms with van der Waals surface area (Å²) in [7, 11) is 2.48. The predicted octanol–water partition coefficient (Wildman–Crippen LogP) is 2.60. The largest absolute Gasteiger partial charge is 0.481 e. The first-order valence-electron chi connectivity index (χ1n) is 14.3. The van der Waals surface area contributed by atoms with Crippen molar-refractivity contribution in [2.24, 2.45) is 10.6 Å². The Hall–Kier alpha value is -5.21. The Morgan fingerprint density at radius 1 is 1.14 bits per heavy atom. The highest BCUT2D eigenvalue weighted by atomic mass is 32.2. The number of anilines is 1. The number of nitrogens with one attached hydrogen (secondary N) is 1. The van der Waals surface area contributed by atoms with E-state index in [9.17, 15) is 29.1 Å². The molecular formula is C30H32N8O9S3. The number of allylic oxidation sites excluding steroid dienone is 1. The second-order valence-electron chi connectivity index (χ2n) is 11.2. The minimum atomic E-state index is -1.35. The van der Waals surface area contributed by atoms with Crippen molar-refractivity contribution >= 4 is 75.4 Å². The van der Waals surface area contributed by atoms with Crippen LogP contribution in [0.15, 0.2) is 68.8 Å². The summed E-state index contributed by atoms with van der Waals surface area (Å²) in [6.07, 6.45) is 0. The van der Waals surface area contributed by atoms with Crippen molar-refractivity contribution in [2.45, 2.75) is 37.3 Å². The van der Waals surface area contributed by atoms with E-state index in [1.807, 2.05) is 6.07 Å². The zero-order valence-electron chi connectivity index (χ0n) is 27.3. The number of amides is 2. The van der Waals surface area contributed by atoms with Crippen molar-refractivity contribution in [3.8, 4) is 5.69 Å². The van der Waals surface area contributed by atoms with Gasteiger partial charge in [0.2, 0.25) is 11.0 Å². The maximum Gasteiger partial charge on any atom is 0.376 e. The van der Waals surface area contributed by atoms with Crippen LogP contribution in [0.4, 0.5) is 5.13 Å². The molecule has 264 valence electrons. The van der Waals surface area contributed by atoms with Crippen LogP contribution in [0.5, 0.6) is 0 Å². The van der Waals surface area contributed by atoms with Crippen LogP contribution in [0, 0.1) is 5.41 Å². The van der Waals surface area contributed by atoms with Crippen molar-refractivity contribution in [2.75, 3.05) is 25.7 Å². The summed E-state index contributed by atoms with van der Waals surface area (Å²) in [6.45, 7) is 9.00. The number of β-lactam (4-membered cyclic amide) rings is 1. The van der Waals surface area contributed by atoms with Crippen LogP contribution in [0.1, 0.15) is 37.1 Å². The highest BCUT2D eigenvalue weighted by Crippen LogP contribution is 2.47. The molecule has 5 rings (SSSR count). The van der Waals surface area contributed by atoms with Crippen molar-refractivity contribution in [1.82, 2.24) is 30.0 Å². The number of carboxylic acids is 2. The van der Waals surface area contributed by atoms with Gasteiger partial charge >= 0.3 is 17.9 Å². The number of carbonyl (C=O) groups excluding carboxylic acids is 3. The van der Waals surface area contributed by atoms with Gasteiger partial charge in [0.1, 0.15) is 29.9 Å². The number of nitrogen functional groups attached to an aromatic ring is 1. The zero-order chi connectivity index (χ0) is 36.9. The van der Waals surface area contributed by atoms with Gasteiger partial charge in [-0.15, -0.1) is 16.4 Å². The number of aliphatic carboxylic acids is 2.